The van der Waals surface area contributed by atoms with Gasteiger partial charge in [0, 0.05) is 30.4 Å². The second-order valence-electron chi connectivity index (χ2n) is 6.41. The van der Waals surface area contributed by atoms with Crippen LogP contribution in [-0.4, -0.2) is 47.1 Å². The van der Waals surface area contributed by atoms with Gasteiger partial charge in [0.15, 0.2) is 0 Å². The predicted molar refractivity (Wildman–Crippen MR) is 96.8 cm³/mol. The zero-order valence-corrected chi connectivity index (χ0v) is 14.2. The third-order valence-electron chi connectivity index (χ3n) is 4.62. The first-order valence-electron chi connectivity index (χ1n) is 8.45. The Labute approximate surface area is 147 Å². The van der Waals surface area contributed by atoms with Gasteiger partial charge in [-0.25, -0.2) is 0 Å². The number of aliphatic carboxylic acids is 1. The van der Waals surface area contributed by atoms with E-state index in [0.717, 1.165) is 5.69 Å². The van der Waals surface area contributed by atoms with Gasteiger partial charge in [-0.1, -0.05) is 36.4 Å². The molecule has 25 heavy (non-hydrogen) atoms. The summed E-state index contributed by atoms with van der Waals surface area (Å²) in [5.74, 6) is -0.996. The largest absolute Gasteiger partial charge is 0.481 e. The molecule has 1 aliphatic heterocycles. The van der Waals surface area contributed by atoms with Crippen LogP contribution in [0.3, 0.4) is 0 Å². The minimum atomic E-state index is -0.890. The van der Waals surface area contributed by atoms with Crippen molar-refractivity contribution in [2.24, 2.45) is 0 Å². The second-order valence-corrected chi connectivity index (χ2v) is 6.41. The lowest BCUT2D eigenvalue weighted by Crippen LogP contribution is -2.59. The number of amides is 1. The fourth-order valence-electron chi connectivity index (χ4n) is 3.39. The Morgan fingerprint density at radius 2 is 1.60 bits per heavy atom. The van der Waals surface area contributed by atoms with Gasteiger partial charge in [-0.05, 0) is 31.2 Å². The molecule has 2 aromatic rings. The van der Waals surface area contributed by atoms with E-state index in [9.17, 15) is 14.7 Å². The number of piperazine rings is 1. The lowest BCUT2D eigenvalue weighted by Gasteiger charge is -2.46. The van der Waals surface area contributed by atoms with Crippen LogP contribution in [-0.2, 0) is 4.79 Å². The quantitative estimate of drug-likeness (QED) is 0.931. The molecule has 1 heterocycles. The maximum atomic E-state index is 12.9. The molecule has 1 fully saturated rings. The minimum absolute atomic E-state index is 0.0609. The third kappa shape index (κ3) is 3.82. The molecule has 0 saturated carbocycles. The fraction of sp³-hybridized carbons (Fsp3) is 0.300. The molecule has 0 aliphatic carbocycles. The van der Waals surface area contributed by atoms with E-state index in [1.54, 1.807) is 17.0 Å². The van der Waals surface area contributed by atoms with Gasteiger partial charge in [-0.3, -0.25) is 9.59 Å². The summed E-state index contributed by atoms with van der Waals surface area (Å²) in [7, 11) is 0. The molecule has 2 aromatic carbocycles. The summed E-state index contributed by atoms with van der Waals surface area (Å²) in [6.45, 7) is 3.08. The van der Waals surface area contributed by atoms with Crippen LogP contribution in [0.15, 0.2) is 60.7 Å². The first-order valence-corrected chi connectivity index (χ1v) is 8.45. The average molecular weight is 338 g/mol. The molecule has 0 unspecified atom stereocenters. The highest BCUT2D eigenvalue weighted by Gasteiger charge is 2.36. The van der Waals surface area contributed by atoms with Gasteiger partial charge < -0.3 is 14.9 Å². The van der Waals surface area contributed by atoms with Crippen molar-refractivity contribution in [3.05, 3.63) is 66.2 Å². The highest BCUT2D eigenvalue weighted by atomic mass is 16.4. The lowest BCUT2D eigenvalue weighted by atomic mass is 10.0. The smallest absolute Gasteiger partial charge is 0.305 e. The summed E-state index contributed by atoms with van der Waals surface area (Å²) in [6.07, 6.45) is -0.0609. The van der Waals surface area contributed by atoms with Crippen LogP contribution in [0.4, 0.5) is 5.69 Å². The Bertz CT molecular complexity index is 733. The van der Waals surface area contributed by atoms with E-state index in [1.165, 1.54) is 0 Å². The molecule has 1 N–H and O–H groups in total. The first-order chi connectivity index (χ1) is 12.1. The summed E-state index contributed by atoms with van der Waals surface area (Å²) in [5, 5.41) is 9.30. The highest BCUT2D eigenvalue weighted by molar-refractivity contribution is 5.95. The number of anilines is 1. The van der Waals surface area contributed by atoms with E-state index in [1.807, 2.05) is 48.5 Å². The summed E-state index contributed by atoms with van der Waals surface area (Å²) in [4.78, 5) is 28.1. The SMILES string of the molecule is C[C@@H]1CN(C(=O)c2ccccc2)[C@H](CC(=O)O)CN1c1ccccc1. The lowest BCUT2D eigenvalue weighted by molar-refractivity contribution is -0.138. The van der Waals surface area contributed by atoms with Crippen molar-refractivity contribution < 1.29 is 14.7 Å². The van der Waals surface area contributed by atoms with Crippen LogP contribution in [0.2, 0.25) is 0 Å². The third-order valence-corrected chi connectivity index (χ3v) is 4.62. The molecule has 0 bridgehead atoms. The van der Waals surface area contributed by atoms with Gasteiger partial charge in [0.05, 0.1) is 12.5 Å². The number of para-hydroxylation sites is 1. The fourth-order valence-corrected chi connectivity index (χ4v) is 3.39. The molecular weight excluding hydrogens is 316 g/mol. The number of benzene rings is 2. The number of nitrogens with zero attached hydrogens (tertiary/aromatic N) is 2. The van der Waals surface area contributed by atoms with E-state index in [-0.39, 0.29) is 24.4 Å². The summed E-state index contributed by atoms with van der Waals surface area (Å²) >= 11 is 0. The van der Waals surface area contributed by atoms with Gasteiger partial charge in [0.2, 0.25) is 0 Å². The minimum Gasteiger partial charge on any atom is -0.481 e. The maximum Gasteiger partial charge on any atom is 0.305 e. The zero-order chi connectivity index (χ0) is 17.8. The molecule has 1 saturated heterocycles. The van der Waals surface area contributed by atoms with Crippen LogP contribution in [0, 0.1) is 0 Å². The molecule has 0 spiro atoms. The van der Waals surface area contributed by atoms with Crippen molar-refractivity contribution in [3.8, 4) is 0 Å². The van der Waals surface area contributed by atoms with Crippen molar-refractivity contribution >= 4 is 17.6 Å². The first kappa shape index (κ1) is 17.0. The molecule has 130 valence electrons. The Morgan fingerprint density at radius 3 is 2.20 bits per heavy atom. The Morgan fingerprint density at radius 1 is 1.00 bits per heavy atom. The molecule has 3 rings (SSSR count). The average Bonchev–Trinajstić information content (AvgIpc) is 2.63. The maximum absolute atomic E-state index is 12.9. The number of carbonyl (C=O) groups excluding carboxylic acids is 1. The molecule has 5 heteroatoms. The monoisotopic (exact) mass is 338 g/mol. The topological polar surface area (TPSA) is 60.9 Å². The standard InChI is InChI=1S/C20H22N2O3/c1-15-13-22(20(25)16-8-4-2-5-9-16)18(12-19(23)24)14-21(15)17-10-6-3-7-11-17/h2-11,15,18H,12-14H2,1H3,(H,23,24)/t15-,18-/m1/s1. The van der Waals surface area contributed by atoms with Crippen LogP contribution >= 0.6 is 0 Å². The second kappa shape index (κ2) is 7.38. The Hall–Kier alpha value is -2.82. The van der Waals surface area contributed by atoms with E-state index < -0.39 is 5.97 Å². The number of carboxylic acids is 1. The van der Waals surface area contributed by atoms with Crippen LogP contribution in [0.1, 0.15) is 23.7 Å². The van der Waals surface area contributed by atoms with Crippen molar-refractivity contribution in [1.82, 2.24) is 4.90 Å². The van der Waals surface area contributed by atoms with Crippen molar-refractivity contribution in [2.45, 2.75) is 25.4 Å². The molecule has 0 aromatic heterocycles. The zero-order valence-electron chi connectivity index (χ0n) is 14.2. The van der Waals surface area contributed by atoms with Crippen LogP contribution in [0.5, 0.6) is 0 Å². The number of hydrogen-bond acceptors (Lipinski definition) is 3. The predicted octanol–water partition coefficient (Wildman–Crippen LogP) is 2.88. The number of carboxylic acid groups (broad SMARTS) is 1. The molecule has 2 atom stereocenters. The van der Waals surface area contributed by atoms with Gasteiger partial charge in [-0.15, -0.1) is 0 Å². The van der Waals surface area contributed by atoms with Crippen LogP contribution < -0.4 is 4.90 Å². The van der Waals surface area contributed by atoms with Gasteiger partial charge in [0.25, 0.3) is 5.91 Å². The Balaban J connectivity index is 1.86. The van der Waals surface area contributed by atoms with Crippen molar-refractivity contribution in [3.63, 3.8) is 0 Å². The molecule has 0 radical (unpaired) electrons. The summed E-state index contributed by atoms with van der Waals surface area (Å²) in [5.41, 5.74) is 1.65. The van der Waals surface area contributed by atoms with E-state index in [0.29, 0.717) is 18.7 Å². The van der Waals surface area contributed by atoms with Gasteiger partial charge in [-0.2, -0.15) is 0 Å². The van der Waals surface area contributed by atoms with Gasteiger partial charge >= 0.3 is 5.97 Å². The van der Waals surface area contributed by atoms with E-state index in [2.05, 4.69) is 11.8 Å². The molecule has 5 nitrogen and oxygen atoms in total. The normalized spacial score (nSPS) is 20.4. The van der Waals surface area contributed by atoms with E-state index >= 15 is 0 Å². The summed E-state index contributed by atoms with van der Waals surface area (Å²) in [6, 6.07) is 18.7. The van der Waals surface area contributed by atoms with Crippen LogP contribution in [0.25, 0.3) is 0 Å². The van der Waals surface area contributed by atoms with Crippen molar-refractivity contribution in [2.75, 3.05) is 18.0 Å². The van der Waals surface area contributed by atoms with Crippen molar-refractivity contribution in [1.29, 1.82) is 0 Å². The molecule has 1 amide bonds. The summed E-state index contributed by atoms with van der Waals surface area (Å²) < 4.78 is 0. The molecular formula is C20H22N2O3. The van der Waals surface area contributed by atoms with Gasteiger partial charge in [0.1, 0.15) is 0 Å². The number of hydrogen-bond donors (Lipinski definition) is 1. The van der Waals surface area contributed by atoms with E-state index in [4.69, 9.17) is 0 Å². The molecule has 1 aliphatic rings. The number of carbonyl (C=O) groups is 2. The Kier molecular flexibility index (Phi) is 5.03. The highest BCUT2D eigenvalue weighted by Crippen LogP contribution is 2.25. The number of rotatable bonds is 4.